The first-order valence-electron chi connectivity index (χ1n) is 8.99. The van der Waals surface area contributed by atoms with Crippen molar-refractivity contribution < 1.29 is 9.53 Å². The molecule has 0 saturated heterocycles. The van der Waals surface area contributed by atoms with Gasteiger partial charge < -0.3 is 10.5 Å². The minimum Gasteiger partial charge on any atom is -0.489 e. The van der Waals surface area contributed by atoms with Gasteiger partial charge >= 0.3 is 0 Å². The first kappa shape index (κ1) is 17.5. The van der Waals surface area contributed by atoms with Gasteiger partial charge in [0.1, 0.15) is 12.4 Å². The number of hydrogen-bond acceptors (Lipinski definition) is 3. The summed E-state index contributed by atoms with van der Waals surface area (Å²) >= 11 is 0. The summed E-state index contributed by atoms with van der Waals surface area (Å²) in [5.74, 6) is 0.616. The number of rotatable bonds is 7. The summed E-state index contributed by atoms with van der Waals surface area (Å²) in [4.78, 5) is 11.9. The van der Waals surface area contributed by atoms with E-state index in [1.54, 1.807) is 0 Å². The summed E-state index contributed by atoms with van der Waals surface area (Å²) in [7, 11) is 0. The van der Waals surface area contributed by atoms with Gasteiger partial charge in [-0.25, -0.2) is 0 Å². The Hall–Kier alpha value is -2.33. The molecule has 1 aliphatic rings. The predicted molar refractivity (Wildman–Crippen MR) is 99.1 cm³/mol. The lowest BCUT2D eigenvalue weighted by atomic mass is 9.81. The molecular weight excluding hydrogens is 312 g/mol. The van der Waals surface area contributed by atoms with Crippen molar-refractivity contribution in [1.29, 1.82) is 0 Å². The Labute approximate surface area is 149 Å². The van der Waals surface area contributed by atoms with Crippen LogP contribution in [-0.4, -0.2) is 11.4 Å². The summed E-state index contributed by atoms with van der Waals surface area (Å²) in [6, 6.07) is 18.1. The van der Waals surface area contributed by atoms with Crippen molar-refractivity contribution in [2.24, 2.45) is 5.73 Å². The highest BCUT2D eigenvalue weighted by Crippen LogP contribution is 2.28. The van der Waals surface area contributed by atoms with E-state index in [0.717, 1.165) is 42.6 Å². The van der Waals surface area contributed by atoms with Crippen molar-refractivity contribution >= 4 is 5.91 Å². The zero-order chi connectivity index (χ0) is 17.5. The summed E-state index contributed by atoms with van der Waals surface area (Å²) in [5, 5.41) is 3.41. The molecule has 0 atom stereocenters. The van der Waals surface area contributed by atoms with Crippen molar-refractivity contribution in [3.05, 3.63) is 65.7 Å². The molecule has 4 nitrogen and oxygen atoms in total. The molecule has 0 aliphatic heterocycles. The molecule has 2 aromatic rings. The van der Waals surface area contributed by atoms with Gasteiger partial charge in [0.25, 0.3) is 0 Å². The van der Waals surface area contributed by atoms with Crippen LogP contribution in [0.2, 0.25) is 0 Å². The number of benzene rings is 2. The van der Waals surface area contributed by atoms with E-state index < -0.39 is 5.54 Å². The molecule has 3 rings (SSSR count). The highest BCUT2D eigenvalue weighted by atomic mass is 16.5. The molecule has 1 fully saturated rings. The molecule has 25 heavy (non-hydrogen) atoms. The molecule has 1 amide bonds. The van der Waals surface area contributed by atoms with Crippen molar-refractivity contribution in [3.8, 4) is 5.75 Å². The fourth-order valence-corrected chi connectivity index (χ4v) is 3.38. The van der Waals surface area contributed by atoms with E-state index in [2.05, 4.69) is 5.32 Å². The number of hydrogen-bond donors (Lipinski definition) is 2. The number of ether oxygens (including phenoxy) is 1. The maximum absolute atomic E-state index is 11.9. The second kappa shape index (κ2) is 8.17. The van der Waals surface area contributed by atoms with E-state index in [0.29, 0.717) is 13.2 Å². The van der Waals surface area contributed by atoms with Crippen molar-refractivity contribution in [3.63, 3.8) is 0 Å². The number of carbonyl (C=O) groups excluding carboxylic acids is 1. The van der Waals surface area contributed by atoms with E-state index in [-0.39, 0.29) is 5.91 Å². The fraction of sp³-hybridized carbons (Fsp3) is 0.381. The zero-order valence-corrected chi connectivity index (χ0v) is 14.5. The first-order chi connectivity index (χ1) is 12.2. The van der Waals surface area contributed by atoms with Gasteiger partial charge in [0.2, 0.25) is 5.91 Å². The largest absolute Gasteiger partial charge is 0.489 e. The van der Waals surface area contributed by atoms with E-state index >= 15 is 0 Å². The summed E-state index contributed by atoms with van der Waals surface area (Å²) in [6.07, 6.45) is 4.97. The molecule has 4 heteroatoms. The van der Waals surface area contributed by atoms with Gasteiger partial charge in [0.05, 0.1) is 5.54 Å². The Balaban J connectivity index is 1.54. The van der Waals surface area contributed by atoms with Gasteiger partial charge in [0, 0.05) is 6.54 Å². The SMILES string of the molecule is NC(=O)C1(NCc2ccc(OCc3ccccc3)cc2)CCCCC1. The summed E-state index contributed by atoms with van der Waals surface area (Å²) < 4.78 is 5.81. The quantitative estimate of drug-likeness (QED) is 0.811. The van der Waals surface area contributed by atoms with Crippen LogP contribution in [0.4, 0.5) is 0 Å². The molecule has 132 valence electrons. The molecule has 0 bridgehead atoms. The van der Waals surface area contributed by atoms with Crippen LogP contribution in [0.25, 0.3) is 0 Å². The number of nitrogens with two attached hydrogens (primary N) is 1. The lowest BCUT2D eigenvalue weighted by molar-refractivity contribution is -0.125. The smallest absolute Gasteiger partial charge is 0.237 e. The van der Waals surface area contributed by atoms with E-state index in [9.17, 15) is 4.79 Å². The van der Waals surface area contributed by atoms with Crippen LogP contribution in [0.3, 0.4) is 0 Å². The van der Waals surface area contributed by atoms with Crippen molar-refractivity contribution in [2.75, 3.05) is 0 Å². The van der Waals surface area contributed by atoms with Crippen LogP contribution < -0.4 is 15.8 Å². The standard InChI is InChI=1S/C21H26N2O2/c22-20(24)21(13-5-2-6-14-21)23-15-17-9-11-19(12-10-17)25-16-18-7-3-1-4-8-18/h1,3-4,7-12,23H,2,5-6,13-16H2,(H2,22,24). The minimum atomic E-state index is -0.541. The molecule has 0 heterocycles. The minimum absolute atomic E-state index is 0.227. The Bertz CT molecular complexity index is 677. The second-order valence-corrected chi connectivity index (χ2v) is 6.78. The lowest BCUT2D eigenvalue weighted by Gasteiger charge is -2.35. The van der Waals surface area contributed by atoms with Crippen LogP contribution >= 0.6 is 0 Å². The van der Waals surface area contributed by atoms with Gasteiger partial charge in [-0.1, -0.05) is 61.7 Å². The monoisotopic (exact) mass is 338 g/mol. The molecule has 0 aromatic heterocycles. The molecule has 0 unspecified atom stereocenters. The number of primary amides is 1. The summed E-state index contributed by atoms with van der Waals surface area (Å²) in [5.41, 5.74) is 7.39. The molecule has 0 spiro atoms. The predicted octanol–water partition coefficient (Wildman–Crippen LogP) is 3.54. The van der Waals surface area contributed by atoms with Gasteiger partial charge in [-0.2, -0.15) is 0 Å². The van der Waals surface area contributed by atoms with Crippen LogP contribution in [-0.2, 0) is 17.9 Å². The highest BCUT2D eigenvalue weighted by molar-refractivity contribution is 5.84. The van der Waals surface area contributed by atoms with E-state index in [1.165, 1.54) is 6.42 Å². The van der Waals surface area contributed by atoms with Gasteiger partial charge in [-0.05, 0) is 36.1 Å². The topological polar surface area (TPSA) is 64.4 Å². The van der Waals surface area contributed by atoms with E-state index in [4.69, 9.17) is 10.5 Å². The Kier molecular flexibility index (Phi) is 5.71. The van der Waals surface area contributed by atoms with Crippen LogP contribution in [0, 0.1) is 0 Å². The molecule has 3 N–H and O–H groups in total. The third-order valence-corrected chi connectivity index (χ3v) is 4.98. The van der Waals surface area contributed by atoms with Crippen molar-refractivity contribution in [2.45, 2.75) is 50.8 Å². The van der Waals surface area contributed by atoms with Gasteiger partial charge in [-0.3, -0.25) is 10.1 Å². The lowest BCUT2D eigenvalue weighted by Crippen LogP contribution is -2.56. The number of amides is 1. The molecule has 0 radical (unpaired) electrons. The average molecular weight is 338 g/mol. The third kappa shape index (κ3) is 4.60. The highest BCUT2D eigenvalue weighted by Gasteiger charge is 2.37. The van der Waals surface area contributed by atoms with Gasteiger partial charge in [0.15, 0.2) is 0 Å². The third-order valence-electron chi connectivity index (χ3n) is 4.98. The van der Waals surface area contributed by atoms with Crippen LogP contribution in [0.5, 0.6) is 5.75 Å². The normalized spacial score (nSPS) is 16.3. The molecule has 2 aromatic carbocycles. The molecule has 1 saturated carbocycles. The Morgan fingerprint density at radius 3 is 2.28 bits per heavy atom. The molecular formula is C21H26N2O2. The summed E-state index contributed by atoms with van der Waals surface area (Å²) in [6.45, 7) is 1.20. The molecule has 1 aliphatic carbocycles. The average Bonchev–Trinajstić information content (AvgIpc) is 2.67. The van der Waals surface area contributed by atoms with Crippen LogP contribution in [0.1, 0.15) is 43.2 Å². The Morgan fingerprint density at radius 2 is 1.64 bits per heavy atom. The zero-order valence-electron chi connectivity index (χ0n) is 14.5. The number of nitrogens with one attached hydrogen (secondary N) is 1. The maximum atomic E-state index is 11.9. The van der Waals surface area contributed by atoms with Gasteiger partial charge in [-0.15, -0.1) is 0 Å². The number of carbonyl (C=O) groups is 1. The fourth-order valence-electron chi connectivity index (χ4n) is 3.38. The van der Waals surface area contributed by atoms with Crippen molar-refractivity contribution in [1.82, 2.24) is 5.32 Å². The van der Waals surface area contributed by atoms with Crippen LogP contribution in [0.15, 0.2) is 54.6 Å². The second-order valence-electron chi connectivity index (χ2n) is 6.78. The first-order valence-corrected chi connectivity index (χ1v) is 8.99. The maximum Gasteiger partial charge on any atom is 0.237 e. The van der Waals surface area contributed by atoms with E-state index in [1.807, 2.05) is 54.6 Å². The Morgan fingerprint density at radius 1 is 0.960 bits per heavy atom.